The highest BCUT2D eigenvalue weighted by Crippen LogP contribution is 2.49. The average molecular weight is 340 g/mol. The van der Waals surface area contributed by atoms with Gasteiger partial charge in [-0.2, -0.15) is 5.26 Å². The van der Waals surface area contributed by atoms with Crippen molar-refractivity contribution in [2.75, 3.05) is 20.6 Å². The molecule has 2 atom stereocenters. The van der Waals surface area contributed by atoms with Crippen LogP contribution in [-0.4, -0.2) is 30.6 Å². The summed E-state index contributed by atoms with van der Waals surface area (Å²) in [7, 11) is 4.00. The Morgan fingerprint density at radius 3 is 2.60 bits per heavy atom. The molecule has 0 saturated carbocycles. The van der Waals surface area contributed by atoms with Crippen LogP contribution in [-0.2, 0) is 10.3 Å². The number of fused-ring (bicyclic) bond motifs is 1. The van der Waals surface area contributed by atoms with E-state index in [9.17, 15) is 9.50 Å². The number of benzene rings is 2. The van der Waals surface area contributed by atoms with Crippen LogP contribution < -0.4 is 0 Å². The number of nitriles is 1. The van der Waals surface area contributed by atoms with Gasteiger partial charge < -0.3 is 14.7 Å². The first-order valence-electron chi connectivity index (χ1n) is 8.27. The number of aliphatic hydroxyl groups is 1. The minimum atomic E-state index is -1.10. The summed E-state index contributed by atoms with van der Waals surface area (Å²) in [6, 6.07) is 13.5. The van der Waals surface area contributed by atoms with Crippen molar-refractivity contribution in [1.82, 2.24) is 4.90 Å². The smallest absolute Gasteiger partial charge is 0.183 e. The molecule has 130 valence electrons. The van der Waals surface area contributed by atoms with Crippen LogP contribution in [0.3, 0.4) is 0 Å². The third-order valence-corrected chi connectivity index (χ3v) is 4.64. The van der Waals surface area contributed by atoms with Gasteiger partial charge in [0.15, 0.2) is 6.29 Å². The fourth-order valence-corrected chi connectivity index (χ4v) is 3.45. The Kier molecular flexibility index (Phi) is 4.87. The molecule has 1 aliphatic rings. The summed E-state index contributed by atoms with van der Waals surface area (Å²) in [6.45, 7) is 0.869. The van der Waals surface area contributed by atoms with E-state index in [0.717, 1.165) is 24.1 Å². The van der Waals surface area contributed by atoms with Gasteiger partial charge in [-0.25, -0.2) is 4.39 Å². The minimum Gasteiger partial charge on any atom is -0.364 e. The van der Waals surface area contributed by atoms with Gasteiger partial charge in [0.2, 0.25) is 0 Å². The SMILES string of the molecule is CN(C)CCCC1(c2ccc(F)cc2)OC(O)c2cc(C#N)ccc21. The topological polar surface area (TPSA) is 56.5 Å². The standard InChI is InChI=1S/C20H21FN2O2/c1-23(2)11-3-10-20(15-5-7-16(21)8-6-15)18-9-4-14(13-22)12-17(18)19(24)25-20/h4-9,12,19,24H,3,10-11H2,1-2H3. The monoisotopic (exact) mass is 340 g/mol. The van der Waals surface area contributed by atoms with Crippen molar-refractivity contribution in [3.63, 3.8) is 0 Å². The Balaban J connectivity index is 2.07. The summed E-state index contributed by atoms with van der Waals surface area (Å²) in [5.41, 5.74) is 1.88. The Bertz CT molecular complexity index is 798. The maximum absolute atomic E-state index is 13.4. The van der Waals surface area contributed by atoms with E-state index in [1.165, 1.54) is 12.1 Å². The molecular formula is C20H21FN2O2. The summed E-state index contributed by atoms with van der Waals surface area (Å²) in [5.74, 6) is -0.314. The van der Waals surface area contributed by atoms with Crippen molar-refractivity contribution in [3.8, 4) is 6.07 Å². The molecule has 0 spiro atoms. The van der Waals surface area contributed by atoms with E-state index in [2.05, 4.69) is 11.0 Å². The van der Waals surface area contributed by atoms with Crippen molar-refractivity contribution in [2.45, 2.75) is 24.7 Å². The molecule has 0 bridgehead atoms. The Hall–Kier alpha value is -2.26. The van der Waals surface area contributed by atoms with Crippen molar-refractivity contribution in [2.24, 2.45) is 0 Å². The molecule has 3 rings (SSSR count). The van der Waals surface area contributed by atoms with Gasteiger partial charge in [0.25, 0.3) is 0 Å². The van der Waals surface area contributed by atoms with Gasteiger partial charge in [-0.05, 0) is 68.9 Å². The van der Waals surface area contributed by atoms with Crippen LogP contribution in [0.2, 0.25) is 0 Å². The number of ether oxygens (including phenoxy) is 1. The Morgan fingerprint density at radius 1 is 1.24 bits per heavy atom. The van der Waals surface area contributed by atoms with Crippen LogP contribution in [0, 0.1) is 17.1 Å². The Morgan fingerprint density at radius 2 is 1.96 bits per heavy atom. The molecule has 0 fully saturated rings. The first-order valence-corrected chi connectivity index (χ1v) is 8.27. The number of nitrogens with zero attached hydrogens (tertiary/aromatic N) is 2. The third kappa shape index (κ3) is 3.29. The molecule has 4 nitrogen and oxygen atoms in total. The number of hydrogen-bond donors (Lipinski definition) is 1. The lowest BCUT2D eigenvalue weighted by atomic mass is 9.81. The normalized spacial score (nSPS) is 22.0. The highest BCUT2D eigenvalue weighted by Gasteiger charge is 2.45. The van der Waals surface area contributed by atoms with E-state index < -0.39 is 11.9 Å². The van der Waals surface area contributed by atoms with Gasteiger partial charge in [-0.3, -0.25) is 0 Å². The average Bonchev–Trinajstić information content (AvgIpc) is 2.88. The predicted octanol–water partition coefficient (Wildman–Crippen LogP) is 3.30. The van der Waals surface area contributed by atoms with Crippen LogP contribution in [0.4, 0.5) is 4.39 Å². The predicted molar refractivity (Wildman–Crippen MR) is 92.2 cm³/mol. The second kappa shape index (κ2) is 6.93. The zero-order valence-electron chi connectivity index (χ0n) is 14.4. The molecule has 0 aliphatic carbocycles. The summed E-state index contributed by atoms with van der Waals surface area (Å²) < 4.78 is 19.4. The van der Waals surface area contributed by atoms with Crippen LogP contribution in [0.25, 0.3) is 0 Å². The Labute approximate surface area is 147 Å². The second-order valence-corrected chi connectivity index (χ2v) is 6.62. The van der Waals surface area contributed by atoms with Crippen LogP contribution in [0.5, 0.6) is 0 Å². The van der Waals surface area contributed by atoms with E-state index in [0.29, 0.717) is 17.5 Å². The molecule has 1 aliphatic heterocycles. The summed E-state index contributed by atoms with van der Waals surface area (Å²) in [6.07, 6.45) is 0.385. The lowest BCUT2D eigenvalue weighted by Gasteiger charge is -2.31. The lowest BCUT2D eigenvalue weighted by molar-refractivity contribution is -0.159. The van der Waals surface area contributed by atoms with E-state index in [1.54, 1.807) is 24.3 Å². The van der Waals surface area contributed by atoms with Crippen LogP contribution in [0.15, 0.2) is 42.5 Å². The van der Waals surface area contributed by atoms with Crippen molar-refractivity contribution >= 4 is 0 Å². The molecule has 0 amide bonds. The van der Waals surface area contributed by atoms with Gasteiger partial charge in [-0.1, -0.05) is 18.2 Å². The summed E-state index contributed by atoms with van der Waals surface area (Å²) in [5, 5.41) is 19.6. The molecule has 2 aromatic carbocycles. The van der Waals surface area contributed by atoms with Crippen LogP contribution in [0.1, 0.15) is 41.4 Å². The molecule has 2 unspecified atom stereocenters. The number of halogens is 1. The van der Waals surface area contributed by atoms with Gasteiger partial charge in [0, 0.05) is 5.56 Å². The molecule has 0 aromatic heterocycles. The highest BCUT2D eigenvalue weighted by molar-refractivity contribution is 5.48. The van der Waals surface area contributed by atoms with Crippen molar-refractivity contribution in [3.05, 3.63) is 70.5 Å². The zero-order chi connectivity index (χ0) is 18.0. The molecule has 0 saturated heterocycles. The van der Waals surface area contributed by atoms with E-state index in [4.69, 9.17) is 10.00 Å². The minimum absolute atomic E-state index is 0.314. The first-order chi connectivity index (χ1) is 12.0. The maximum Gasteiger partial charge on any atom is 0.183 e. The third-order valence-electron chi connectivity index (χ3n) is 4.64. The fraction of sp³-hybridized carbons (Fsp3) is 0.350. The molecule has 1 N–H and O–H groups in total. The molecule has 1 heterocycles. The van der Waals surface area contributed by atoms with Crippen molar-refractivity contribution < 1.29 is 14.2 Å². The maximum atomic E-state index is 13.4. The molecule has 5 heteroatoms. The molecular weight excluding hydrogens is 319 g/mol. The quantitative estimate of drug-likeness (QED) is 0.907. The number of rotatable bonds is 5. The van der Waals surface area contributed by atoms with Gasteiger partial charge in [0.05, 0.1) is 11.6 Å². The fourth-order valence-electron chi connectivity index (χ4n) is 3.45. The number of aliphatic hydroxyl groups excluding tert-OH is 1. The lowest BCUT2D eigenvalue weighted by Crippen LogP contribution is -2.29. The van der Waals surface area contributed by atoms with E-state index in [-0.39, 0.29) is 5.82 Å². The zero-order valence-corrected chi connectivity index (χ0v) is 14.4. The molecule has 2 aromatic rings. The van der Waals surface area contributed by atoms with Gasteiger partial charge in [-0.15, -0.1) is 0 Å². The van der Waals surface area contributed by atoms with E-state index in [1.807, 2.05) is 20.2 Å². The summed E-state index contributed by atoms with van der Waals surface area (Å²) >= 11 is 0. The largest absolute Gasteiger partial charge is 0.364 e. The highest BCUT2D eigenvalue weighted by atomic mass is 19.1. The van der Waals surface area contributed by atoms with Gasteiger partial charge >= 0.3 is 0 Å². The molecule has 25 heavy (non-hydrogen) atoms. The van der Waals surface area contributed by atoms with Gasteiger partial charge in [0.1, 0.15) is 11.4 Å². The van der Waals surface area contributed by atoms with Crippen molar-refractivity contribution in [1.29, 1.82) is 5.26 Å². The summed E-state index contributed by atoms with van der Waals surface area (Å²) in [4.78, 5) is 2.09. The van der Waals surface area contributed by atoms with E-state index >= 15 is 0 Å². The van der Waals surface area contributed by atoms with Crippen LogP contribution >= 0.6 is 0 Å². The number of hydrogen-bond acceptors (Lipinski definition) is 4. The first kappa shape index (κ1) is 17.6. The second-order valence-electron chi connectivity index (χ2n) is 6.62. The molecule has 0 radical (unpaired) electrons.